The summed E-state index contributed by atoms with van der Waals surface area (Å²) in [6.07, 6.45) is 2.67. The number of nitrogens with one attached hydrogen (secondary N) is 1. The van der Waals surface area contributed by atoms with Gasteiger partial charge in [-0.3, -0.25) is 4.90 Å². The molecule has 102 valence electrons. The van der Waals surface area contributed by atoms with E-state index in [0.717, 1.165) is 24.0 Å². The third-order valence-corrected chi connectivity index (χ3v) is 3.63. The van der Waals surface area contributed by atoms with Gasteiger partial charge in [-0.05, 0) is 56.6 Å². The van der Waals surface area contributed by atoms with E-state index in [0.29, 0.717) is 0 Å². The SMILES string of the molecule is CNCC1CCCN(Cc2cccc(Cl)c2)C1.Cl. The quantitative estimate of drug-likeness (QED) is 0.915. The van der Waals surface area contributed by atoms with E-state index in [1.165, 1.54) is 31.5 Å². The number of likely N-dealkylation sites (tertiary alicyclic amines) is 1. The van der Waals surface area contributed by atoms with Crippen molar-refractivity contribution in [1.82, 2.24) is 10.2 Å². The summed E-state index contributed by atoms with van der Waals surface area (Å²) < 4.78 is 0. The Balaban J connectivity index is 0.00000162. The van der Waals surface area contributed by atoms with Gasteiger partial charge in [0, 0.05) is 18.1 Å². The summed E-state index contributed by atoms with van der Waals surface area (Å²) >= 11 is 6.01. The topological polar surface area (TPSA) is 15.3 Å². The molecular formula is C14H22Cl2N2. The van der Waals surface area contributed by atoms with Gasteiger partial charge < -0.3 is 5.32 Å². The summed E-state index contributed by atoms with van der Waals surface area (Å²) in [7, 11) is 2.04. The molecule has 2 nitrogen and oxygen atoms in total. The molecule has 1 heterocycles. The maximum Gasteiger partial charge on any atom is 0.0409 e. The second-order valence-electron chi connectivity index (χ2n) is 4.93. The third-order valence-electron chi connectivity index (χ3n) is 3.39. The molecule has 2 rings (SSSR count). The zero-order chi connectivity index (χ0) is 12.1. The molecule has 1 unspecified atom stereocenters. The second-order valence-corrected chi connectivity index (χ2v) is 5.37. The summed E-state index contributed by atoms with van der Waals surface area (Å²) in [4.78, 5) is 2.54. The Morgan fingerprint density at radius 1 is 1.44 bits per heavy atom. The normalized spacial score (nSPS) is 20.4. The third kappa shape index (κ3) is 4.77. The van der Waals surface area contributed by atoms with Gasteiger partial charge in [-0.1, -0.05) is 23.7 Å². The van der Waals surface area contributed by atoms with Crippen LogP contribution in [0.1, 0.15) is 18.4 Å². The predicted octanol–water partition coefficient (Wildman–Crippen LogP) is 3.19. The number of piperidine rings is 1. The first-order valence-electron chi connectivity index (χ1n) is 6.39. The molecule has 0 saturated carbocycles. The molecule has 4 heteroatoms. The lowest BCUT2D eigenvalue weighted by atomic mass is 9.97. The average Bonchev–Trinajstić information content (AvgIpc) is 2.30. The molecule has 0 radical (unpaired) electrons. The van der Waals surface area contributed by atoms with Gasteiger partial charge in [0.1, 0.15) is 0 Å². The van der Waals surface area contributed by atoms with Gasteiger partial charge in [-0.15, -0.1) is 12.4 Å². The summed E-state index contributed by atoms with van der Waals surface area (Å²) in [5.74, 6) is 0.799. The smallest absolute Gasteiger partial charge is 0.0409 e. The fourth-order valence-electron chi connectivity index (χ4n) is 2.64. The Hall–Kier alpha value is -0.280. The van der Waals surface area contributed by atoms with Crippen molar-refractivity contribution in [2.24, 2.45) is 5.92 Å². The molecule has 1 atom stereocenters. The molecule has 18 heavy (non-hydrogen) atoms. The molecule has 1 aromatic rings. The van der Waals surface area contributed by atoms with Crippen molar-refractivity contribution in [3.8, 4) is 0 Å². The van der Waals surface area contributed by atoms with Crippen molar-refractivity contribution in [3.63, 3.8) is 0 Å². The van der Waals surface area contributed by atoms with Gasteiger partial charge in [0.15, 0.2) is 0 Å². The van der Waals surface area contributed by atoms with E-state index in [1.807, 2.05) is 19.2 Å². The van der Waals surface area contributed by atoms with Crippen LogP contribution in [-0.2, 0) is 6.54 Å². The van der Waals surface area contributed by atoms with E-state index < -0.39 is 0 Å². The highest BCUT2D eigenvalue weighted by atomic mass is 35.5. The number of rotatable bonds is 4. The molecule has 0 aliphatic carbocycles. The maximum absolute atomic E-state index is 6.01. The van der Waals surface area contributed by atoms with E-state index in [-0.39, 0.29) is 12.4 Å². The number of halogens is 2. The lowest BCUT2D eigenvalue weighted by Gasteiger charge is -2.32. The molecule has 1 saturated heterocycles. The van der Waals surface area contributed by atoms with E-state index in [9.17, 15) is 0 Å². The minimum absolute atomic E-state index is 0. The van der Waals surface area contributed by atoms with E-state index >= 15 is 0 Å². The molecule has 1 aromatic carbocycles. The van der Waals surface area contributed by atoms with Gasteiger partial charge >= 0.3 is 0 Å². The highest BCUT2D eigenvalue weighted by molar-refractivity contribution is 6.30. The van der Waals surface area contributed by atoms with E-state index in [4.69, 9.17) is 11.6 Å². The minimum atomic E-state index is 0. The van der Waals surface area contributed by atoms with Crippen LogP contribution in [-0.4, -0.2) is 31.6 Å². The van der Waals surface area contributed by atoms with Crippen LogP contribution in [0.3, 0.4) is 0 Å². The number of nitrogens with zero attached hydrogens (tertiary/aromatic N) is 1. The van der Waals surface area contributed by atoms with Crippen LogP contribution >= 0.6 is 24.0 Å². The first-order valence-corrected chi connectivity index (χ1v) is 6.77. The van der Waals surface area contributed by atoms with Crippen molar-refractivity contribution in [2.45, 2.75) is 19.4 Å². The first kappa shape index (κ1) is 15.8. The lowest BCUT2D eigenvalue weighted by Crippen LogP contribution is -2.38. The standard InChI is InChI=1S/C14H21ClN2.ClH/c1-16-9-13-5-3-7-17(11-13)10-12-4-2-6-14(15)8-12;/h2,4,6,8,13,16H,3,5,7,9-11H2,1H3;1H. The lowest BCUT2D eigenvalue weighted by molar-refractivity contribution is 0.167. The van der Waals surface area contributed by atoms with Crippen LogP contribution in [0, 0.1) is 5.92 Å². The summed E-state index contributed by atoms with van der Waals surface area (Å²) in [5, 5.41) is 4.12. The van der Waals surface area contributed by atoms with Crippen LogP contribution in [0.2, 0.25) is 5.02 Å². The largest absolute Gasteiger partial charge is 0.319 e. The van der Waals surface area contributed by atoms with Gasteiger partial charge in [0.2, 0.25) is 0 Å². The van der Waals surface area contributed by atoms with Crippen molar-refractivity contribution < 1.29 is 0 Å². The summed E-state index contributed by atoms with van der Waals surface area (Å²) in [6, 6.07) is 8.20. The molecule has 1 aliphatic rings. The van der Waals surface area contributed by atoms with Gasteiger partial charge in [-0.2, -0.15) is 0 Å². The number of hydrogen-bond acceptors (Lipinski definition) is 2. The average molecular weight is 289 g/mol. The Morgan fingerprint density at radius 3 is 3.00 bits per heavy atom. The summed E-state index contributed by atoms with van der Waals surface area (Å²) in [5.41, 5.74) is 1.32. The fourth-order valence-corrected chi connectivity index (χ4v) is 2.86. The Kier molecular flexibility index (Phi) is 7.02. The van der Waals surface area contributed by atoms with Crippen LogP contribution in [0.25, 0.3) is 0 Å². The molecule has 0 amide bonds. The second kappa shape index (κ2) is 8.00. The molecule has 1 N–H and O–H groups in total. The summed E-state index contributed by atoms with van der Waals surface area (Å²) in [6.45, 7) is 4.58. The number of benzene rings is 1. The van der Waals surface area contributed by atoms with Crippen molar-refractivity contribution in [2.75, 3.05) is 26.7 Å². The Labute approximate surface area is 121 Å². The molecule has 0 spiro atoms. The van der Waals surface area contributed by atoms with Crippen molar-refractivity contribution >= 4 is 24.0 Å². The van der Waals surface area contributed by atoms with Gasteiger partial charge in [-0.25, -0.2) is 0 Å². The highest BCUT2D eigenvalue weighted by Gasteiger charge is 2.19. The molecule has 0 bridgehead atoms. The van der Waals surface area contributed by atoms with Crippen molar-refractivity contribution in [1.29, 1.82) is 0 Å². The first-order chi connectivity index (χ1) is 8.28. The predicted molar refractivity (Wildman–Crippen MR) is 80.6 cm³/mol. The molecular weight excluding hydrogens is 267 g/mol. The van der Waals surface area contributed by atoms with Crippen molar-refractivity contribution in [3.05, 3.63) is 34.9 Å². The monoisotopic (exact) mass is 288 g/mol. The van der Waals surface area contributed by atoms with Crippen LogP contribution in [0.4, 0.5) is 0 Å². The van der Waals surface area contributed by atoms with Gasteiger partial charge in [0.25, 0.3) is 0 Å². The zero-order valence-corrected chi connectivity index (χ0v) is 12.4. The molecule has 0 aromatic heterocycles. The van der Waals surface area contributed by atoms with Crippen LogP contribution < -0.4 is 5.32 Å². The van der Waals surface area contributed by atoms with Gasteiger partial charge in [0.05, 0.1) is 0 Å². The Morgan fingerprint density at radius 2 is 2.28 bits per heavy atom. The molecule has 1 fully saturated rings. The highest BCUT2D eigenvalue weighted by Crippen LogP contribution is 2.19. The minimum Gasteiger partial charge on any atom is -0.319 e. The van der Waals surface area contributed by atoms with E-state index in [1.54, 1.807) is 0 Å². The maximum atomic E-state index is 6.01. The Bertz CT molecular complexity index is 355. The van der Waals surface area contributed by atoms with E-state index in [2.05, 4.69) is 22.3 Å². The van der Waals surface area contributed by atoms with Crippen LogP contribution in [0.5, 0.6) is 0 Å². The molecule has 1 aliphatic heterocycles. The zero-order valence-electron chi connectivity index (χ0n) is 10.9. The number of hydrogen-bond donors (Lipinski definition) is 1. The fraction of sp³-hybridized carbons (Fsp3) is 0.571. The van der Waals surface area contributed by atoms with Crippen LogP contribution in [0.15, 0.2) is 24.3 Å².